The van der Waals surface area contributed by atoms with Crippen molar-refractivity contribution in [1.82, 2.24) is 4.90 Å². The summed E-state index contributed by atoms with van der Waals surface area (Å²) in [6.07, 6.45) is 8.50. The van der Waals surface area contributed by atoms with Gasteiger partial charge in [0.2, 0.25) is 0 Å². The van der Waals surface area contributed by atoms with E-state index in [2.05, 4.69) is 0 Å². The Morgan fingerprint density at radius 2 is 2.14 bits per heavy atom. The fraction of sp³-hybridized carbons (Fsp3) is 0.412. The lowest BCUT2D eigenvalue weighted by Crippen LogP contribution is -2.38. The van der Waals surface area contributed by atoms with Crippen molar-refractivity contribution in [2.45, 2.75) is 44.8 Å². The third-order valence-electron chi connectivity index (χ3n) is 3.60. The molecule has 0 N–H and O–H groups in total. The van der Waals surface area contributed by atoms with Crippen LogP contribution in [0, 0.1) is 0 Å². The van der Waals surface area contributed by atoms with Crippen LogP contribution in [0.3, 0.4) is 0 Å². The summed E-state index contributed by atoms with van der Waals surface area (Å²) in [5.41, 5.74) is 0.976. The number of benzene rings is 1. The Kier molecular flexibility index (Phi) is 6.00. The standard InChI is InChI=1S/C17H21NO3/c19-13-7-5-11-16-10-4-6-12-18(16)17(20)21-14-15-8-2-1-3-9-15/h1-3,6,8-9,12-13,16H,4-5,7,10-11,14H2. The monoisotopic (exact) mass is 287 g/mol. The molecule has 0 spiro atoms. The van der Waals surface area contributed by atoms with E-state index in [1.807, 2.05) is 42.6 Å². The summed E-state index contributed by atoms with van der Waals surface area (Å²) in [6, 6.07) is 9.78. The molecular weight excluding hydrogens is 266 g/mol. The van der Waals surface area contributed by atoms with E-state index in [0.717, 1.165) is 37.5 Å². The summed E-state index contributed by atoms with van der Waals surface area (Å²) in [5.74, 6) is 0. The third-order valence-corrected chi connectivity index (χ3v) is 3.60. The maximum atomic E-state index is 12.2. The van der Waals surface area contributed by atoms with Crippen molar-refractivity contribution < 1.29 is 14.3 Å². The first-order valence-corrected chi connectivity index (χ1v) is 7.40. The second kappa shape index (κ2) is 8.25. The van der Waals surface area contributed by atoms with Gasteiger partial charge < -0.3 is 9.53 Å². The zero-order valence-corrected chi connectivity index (χ0v) is 12.1. The van der Waals surface area contributed by atoms with Crippen LogP contribution in [0.25, 0.3) is 0 Å². The number of nitrogens with zero attached hydrogens (tertiary/aromatic N) is 1. The number of rotatable bonds is 6. The Hall–Kier alpha value is -2.10. The van der Waals surface area contributed by atoms with Crippen LogP contribution in [0.1, 0.15) is 37.7 Å². The molecule has 0 saturated heterocycles. The molecule has 1 atom stereocenters. The molecule has 2 rings (SSSR count). The van der Waals surface area contributed by atoms with Gasteiger partial charge in [-0.15, -0.1) is 0 Å². The summed E-state index contributed by atoms with van der Waals surface area (Å²) in [6.45, 7) is 0.283. The van der Waals surface area contributed by atoms with Gasteiger partial charge in [0.15, 0.2) is 0 Å². The molecule has 1 aromatic rings. The fourth-order valence-corrected chi connectivity index (χ4v) is 2.46. The second-order valence-corrected chi connectivity index (χ2v) is 5.16. The largest absolute Gasteiger partial charge is 0.444 e. The van der Waals surface area contributed by atoms with E-state index in [1.54, 1.807) is 4.90 Å². The van der Waals surface area contributed by atoms with Gasteiger partial charge in [-0.3, -0.25) is 4.90 Å². The summed E-state index contributed by atoms with van der Waals surface area (Å²) in [7, 11) is 0. The summed E-state index contributed by atoms with van der Waals surface area (Å²) in [4.78, 5) is 24.3. The van der Waals surface area contributed by atoms with E-state index in [9.17, 15) is 9.59 Å². The summed E-state index contributed by atoms with van der Waals surface area (Å²) < 4.78 is 5.37. The molecular formula is C17H21NO3. The van der Waals surface area contributed by atoms with Crippen LogP contribution in [0.2, 0.25) is 0 Å². The molecule has 0 radical (unpaired) electrons. The van der Waals surface area contributed by atoms with Crippen molar-refractivity contribution in [3.63, 3.8) is 0 Å². The highest BCUT2D eigenvalue weighted by Crippen LogP contribution is 2.21. The smallest absolute Gasteiger partial charge is 0.414 e. The van der Waals surface area contributed by atoms with Crippen LogP contribution in [0.15, 0.2) is 42.6 Å². The van der Waals surface area contributed by atoms with E-state index in [-0.39, 0.29) is 18.7 Å². The highest BCUT2D eigenvalue weighted by atomic mass is 16.6. The van der Waals surface area contributed by atoms with Crippen molar-refractivity contribution in [1.29, 1.82) is 0 Å². The van der Waals surface area contributed by atoms with Crippen LogP contribution in [0.5, 0.6) is 0 Å². The summed E-state index contributed by atoms with van der Waals surface area (Å²) >= 11 is 0. The highest BCUT2D eigenvalue weighted by Gasteiger charge is 2.24. The molecule has 0 fully saturated rings. The lowest BCUT2D eigenvalue weighted by molar-refractivity contribution is -0.107. The van der Waals surface area contributed by atoms with Crippen molar-refractivity contribution in [3.8, 4) is 0 Å². The number of carbonyl (C=O) groups excluding carboxylic acids is 2. The Bertz CT molecular complexity index is 484. The third kappa shape index (κ3) is 4.74. The normalized spacial score (nSPS) is 17.5. The maximum absolute atomic E-state index is 12.2. The van der Waals surface area contributed by atoms with Gasteiger partial charge in [0.05, 0.1) is 0 Å². The first kappa shape index (κ1) is 15.3. The van der Waals surface area contributed by atoms with E-state index >= 15 is 0 Å². The maximum Gasteiger partial charge on any atom is 0.414 e. The molecule has 0 saturated carbocycles. The Labute approximate surface area is 125 Å². The van der Waals surface area contributed by atoms with Crippen molar-refractivity contribution >= 4 is 12.4 Å². The molecule has 4 heteroatoms. The molecule has 1 unspecified atom stereocenters. The molecule has 112 valence electrons. The van der Waals surface area contributed by atoms with Crippen LogP contribution in [-0.4, -0.2) is 23.3 Å². The van der Waals surface area contributed by atoms with E-state index in [1.165, 1.54) is 0 Å². The number of ether oxygens (including phenoxy) is 1. The number of hydrogen-bond acceptors (Lipinski definition) is 3. The van der Waals surface area contributed by atoms with Crippen LogP contribution in [-0.2, 0) is 16.1 Å². The van der Waals surface area contributed by atoms with Crippen molar-refractivity contribution in [2.24, 2.45) is 0 Å². The zero-order valence-electron chi connectivity index (χ0n) is 12.1. The number of carbonyl (C=O) groups is 2. The summed E-state index contributed by atoms with van der Waals surface area (Å²) in [5, 5.41) is 0. The number of hydrogen-bond donors (Lipinski definition) is 0. The topological polar surface area (TPSA) is 46.6 Å². The van der Waals surface area contributed by atoms with Gasteiger partial charge >= 0.3 is 6.09 Å². The number of amides is 1. The molecule has 4 nitrogen and oxygen atoms in total. The van der Waals surface area contributed by atoms with Gasteiger partial charge in [-0.05, 0) is 31.2 Å². The number of aldehydes is 1. The second-order valence-electron chi connectivity index (χ2n) is 5.16. The number of allylic oxidation sites excluding steroid dienone is 1. The minimum Gasteiger partial charge on any atom is -0.444 e. The van der Waals surface area contributed by atoms with E-state index < -0.39 is 0 Å². The lowest BCUT2D eigenvalue weighted by atomic mass is 10.0. The van der Waals surface area contributed by atoms with Gasteiger partial charge in [0, 0.05) is 18.7 Å². The Balaban J connectivity index is 1.87. The van der Waals surface area contributed by atoms with Crippen molar-refractivity contribution in [3.05, 3.63) is 48.2 Å². The molecule has 0 aromatic heterocycles. The van der Waals surface area contributed by atoms with Crippen molar-refractivity contribution in [2.75, 3.05) is 0 Å². The first-order valence-electron chi connectivity index (χ1n) is 7.40. The first-order chi connectivity index (χ1) is 10.3. The van der Waals surface area contributed by atoms with Crippen LogP contribution in [0.4, 0.5) is 4.79 Å². The Morgan fingerprint density at radius 1 is 1.33 bits per heavy atom. The minimum absolute atomic E-state index is 0.137. The molecule has 1 aromatic carbocycles. The lowest BCUT2D eigenvalue weighted by Gasteiger charge is -2.30. The van der Waals surface area contributed by atoms with Gasteiger partial charge in [-0.25, -0.2) is 4.79 Å². The van der Waals surface area contributed by atoms with Gasteiger partial charge in [0.1, 0.15) is 12.9 Å². The van der Waals surface area contributed by atoms with Crippen LogP contribution >= 0.6 is 0 Å². The molecule has 21 heavy (non-hydrogen) atoms. The number of unbranched alkanes of at least 4 members (excludes halogenated alkanes) is 1. The predicted molar refractivity (Wildman–Crippen MR) is 80.5 cm³/mol. The zero-order chi connectivity index (χ0) is 14.9. The Morgan fingerprint density at radius 3 is 2.90 bits per heavy atom. The van der Waals surface area contributed by atoms with Crippen LogP contribution < -0.4 is 0 Å². The van der Waals surface area contributed by atoms with E-state index in [4.69, 9.17) is 4.74 Å². The predicted octanol–water partition coefficient (Wildman–Crippen LogP) is 3.67. The average Bonchev–Trinajstić information content (AvgIpc) is 2.54. The SMILES string of the molecule is O=CCCCC1CCC=CN1C(=O)OCc1ccccc1. The quantitative estimate of drug-likeness (QED) is 0.592. The molecule has 1 heterocycles. The highest BCUT2D eigenvalue weighted by molar-refractivity contribution is 5.69. The van der Waals surface area contributed by atoms with Gasteiger partial charge in [-0.2, -0.15) is 0 Å². The minimum atomic E-state index is -0.314. The average molecular weight is 287 g/mol. The molecule has 1 aliphatic heterocycles. The molecule has 0 aliphatic carbocycles. The molecule has 0 bridgehead atoms. The van der Waals surface area contributed by atoms with E-state index in [0.29, 0.717) is 6.42 Å². The fourth-order valence-electron chi connectivity index (χ4n) is 2.46. The molecule has 1 aliphatic rings. The van der Waals surface area contributed by atoms with Gasteiger partial charge in [-0.1, -0.05) is 36.4 Å². The molecule has 1 amide bonds. The van der Waals surface area contributed by atoms with Gasteiger partial charge in [0.25, 0.3) is 0 Å².